The lowest BCUT2D eigenvalue weighted by atomic mass is 10.0. The van der Waals surface area contributed by atoms with Gasteiger partial charge in [0.1, 0.15) is 0 Å². The Hall–Kier alpha value is -5.87. The van der Waals surface area contributed by atoms with Crippen LogP contribution in [0.1, 0.15) is 0 Å². The molecule has 0 spiro atoms. The second-order valence-electron chi connectivity index (χ2n) is 10.1. The molecule has 0 unspecified atom stereocenters. The minimum absolute atomic E-state index is 0.616. The third kappa shape index (κ3) is 5.54. The topological polar surface area (TPSA) is 41.9 Å². The van der Waals surface area contributed by atoms with Gasteiger partial charge in [0.05, 0.1) is 5.69 Å². The summed E-state index contributed by atoms with van der Waals surface area (Å²) in [6.45, 7) is 0. The number of rotatable bonds is 7. The van der Waals surface area contributed by atoms with Crippen molar-refractivity contribution in [1.82, 2.24) is 15.0 Å². The molecule has 0 saturated heterocycles. The summed E-state index contributed by atoms with van der Waals surface area (Å²) >= 11 is 0. The molecular weight excluding hydrogens is 524 g/mol. The second kappa shape index (κ2) is 11.9. The maximum Gasteiger partial charge on any atom is 0.166 e. The summed E-state index contributed by atoms with van der Waals surface area (Å²) in [5, 5.41) is 0. The zero-order chi connectivity index (χ0) is 28.8. The van der Waals surface area contributed by atoms with E-state index in [-0.39, 0.29) is 0 Å². The van der Waals surface area contributed by atoms with E-state index >= 15 is 0 Å². The van der Waals surface area contributed by atoms with Crippen molar-refractivity contribution in [3.8, 4) is 45.3 Å². The van der Waals surface area contributed by atoms with E-state index in [4.69, 9.17) is 15.0 Å². The van der Waals surface area contributed by atoms with Crippen LogP contribution in [0.4, 0.5) is 17.1 Å². The summed E-state index contributed by atoms with van der Waals surface area (Å²) in [5.41, 5.74) is 8.22. The van der Waals surface area contributed by atoms with Crippen LogP contribution in [-0.2, 0) is 0 Å². The van der Waals surface area contributed by atoms with Crippen molar-refractivity contribution in [2.24, 2.45) is 0 Å². The van der Waals surface area contributed by atoms with Crippen LogP contribution in [0, 0.1) is 0 Å². The summed E-state index contributed by atoms with van der Waals surface area (Å²) < 4.78 is 0. The quantitative estimate of drug-likeness (QED) is 0.197. The van der Waals surface area contributed by atoms with Gasteiger partial charge in [-0.1, -0.05) is 133 Å². The molecule has 4 nitrogen and oxygen atoms in total. The van der Waals surface area contributed by atoms with Gasteiger partial charge in [0, 0.05) is 28.1 Å². The first-order chi connectivity index (χ1) is 21.3. The van der Waals surface area contributed by atoms with Crippen molar-refractivity contribution in [1.29, 1.82) is 0 Å². The zero-order valence-corrected chi connectivity index (χ0v) is 23.5. The van der Waals surface area contributed by atoms with Crippen molar-refractivity contribution in [3.63, 3.8) is 0 Å². The van der Waals surface area contributed by atoms with Gasteiger partial charge in [-0.3, -0.25) is 0 Å². The highest BCUT2D eigenvalue weighted by atomic mass is 15.2. The highest BCUT2D eigenvalue weighted by Crippen LogP contribution is 2.40. The van der Waals surface area contributed by atoms with Crippen LogP contribution in [0.5, 0.6) is 0 Å². The van der Waals surface area contributed by atoms with Gasteiger partial charge in [0.15, 0.2) is 17.5 Å². The van der Waals surface area contributed by atoms with Crippen LogP contribution in [0.2, 0.25) is 0 Å². The van der Waals surface area contributed by atoms with Crippen LogP contribution >= 0.6 is 0 Å². The molecule has 0 saturated carbocycles. The third-order valence-corrected chi connectivity index (χ3v) is 7.33. The fourth-order valence-electron chi connectivity index (χ4n) is 5.22. The molecule has 0 amide bonds. The normalized spacial score (nSPS) is 10.8. The smallest absolute Gasteiger partial charge is 0.166 e. The fourth-order valence-corrected chi connectivity index (χ4v) is 5.22. The molecule has 0 aliphatic rings. The Labute approximate surface area is 251 Å². The van der Waals surface area contributed by atoms with E-state index in [1.165, 1.54) is 11.1 Å². The fraction of sp³-hybridized carbons (Fsp3) is 0. The van der Waals surface area contributed by atoms with Crippen LogP contribution in [0.3, 0.4) is 0 Å². The minimum Gasteiger partial charge on any atom is -0.310 e. The van der Waals surface area contributed by atoms with E-state index in [1.54, 1.807) is 0 Å². The molecule has 6 aromatic carbocycles. The monoisotopic (exact) mass is 552 g/mol. The van der Waals surface area contributed by atoms with Gasteiger partial charge in [-0.25, -0.2) is 15.0 Å². The number of aromatic nitrogens is 3. The lowest BCUT2D eigenvalue weighted by Gasteiger charge is -2.27. The standard InChI is InChI=1S/C39H28N4/c1-5-15-29(16-6-1)30-25-27-34(28-26-30)43(33-21-11-4-12-22-33)36-24-14-13-23-35(36)39-41-37(31-17-7-2-8-18-31)40-38(42-39)32-19-9-3-10-20-32/h1-28H. The number of hydrogen-bond donors (Lipinski definition) is 0. The number of hydrogen-bond acceptors (Lipinski definition) is 4. The molecule has 4 heteroatoms. The lowest BCUT2D eigenvalue weighted by Crippen LogP contribution is -2.12. The first-order valence-electron chi connectivity index (χ1n) is 14.3. The Morgan fingerprint density at radius 3 is 1.26 bits per heavy atom. The SMILES string of the molecule is c1ccc(-c2ccc(N(c3ccccc3)c3ccccc3-c3nc(-c4ccccc4)nc(-c4ccccc4)n3)cc2)cc1. The first kappa shape index (κ1) is 26.1. The summed E-state index contributed by atoms with van der Waals surface area (Å²) in [6, 6.07) is 58.0. The molecule has 7 rings (SSSR count). The van der Waals surface area contributed by atoms with Crippen molar-refractivity contribution >= 4 is 17.1 Å². The molecule has 204 valence electrons. The summed E-state index contributed by atoms with van der Waals surface area (Å²) in [6.07, 6.45) is 0. The van der Waals surface area contributed by atoms with Gasteiger partial charge in [-0.15, -0.1) is 0 Å². The molecule has 0 atom stereocenters. The van der Waals surface area contributed by atoms with Crippen molar-refractivity contribution in [2.75, 3.05) is 4.90 Å². The predicted molar refractivity (Wildman–Crippen MR) is 176 cm³/mol. The van der Waals surface area contributed by atoms with E-state index in [9.17, 15) is 0 Å². The Morgan fingerprint density at radius 1 is 0.302 bits per heavy atom. The second-order valence-corrected chi connectivity index (χ2v) is 10.1. The maximum absolute atomic E-state index is 5.03. The van der Waals surface area contributed by atoms with Gasteiger partial charge in [-0.05, 0) is 47.5 Å². The molecule has 7 aromatic rings. The van der Waals surface area contributed by atoms with Crippen molar-refractivity contribution in [2.45, 2.75) is 0 Å². The third-order valence-electron chi connectivity index (χ3n) is 7.33. The molecule has 0 bridgehead atoms. The largest absolute Gasteiger partial charge is 0.310 e. The Balaban J connectivity index is 1.40. The maximum atomic E-state index is 5.03. The van der Waals surface area contributed by atoms with E-state index in [1.807, 2.05) is 78.9 Å². The molecule has 0 aliphatic heterocycles. The highest BCUT2D eigenvalue weighted by Gasteiger charge is 2.20. The summed E-state index contributed by atoms with van der Waals surface area (Å²) in [5.74, 6) is 1.89. The van der Waals surface area contributed by atoms with Gasteiger partial charge >= 0.3 is 0 Å². The number of benzene rings is 6. The van der Waals surface area contributed by atoms with Gasteiger partial charge in [0.25, 0.3) is 0 Å². The van der Waals surface area contributed by atoms with E-state index in [0.29, 0.717) is 17.5 Å². The van der Waals surface area contributed by atoms with Crippen molar-refractivity contribution in [3.05, 3.63) is 170 Å². The Kier molecular flexibility index (Phi) is 7.23. The molecule has 1 heterocycles. The highest BCUT2D eigenvalue weighted by molar-refractivity contribution is 5.87. The van der Waals surface area contributed by atoms with Gasteiger partial charge in [-0.2, -0.15) is 0 Å². The molecule has 0 N–H and O–H groups in total. The summed E-state index contributed by atoms with van der Waals surface area (Å²) in [4.78, 5) is 17.2. The average Bonchev–Trinajstić information content (AvgIpc) is 3.10. The Morgan fingerprint density at radius 2 is 0.698 bits per heavy atom. The molecular formula is C39H28N4. The molecule has 43 heavy (non-hydrogen) atoms. The van der Waals surface area contributed by atoms with E-state index < -0.39 is 0 Å². The first-order valence-corrected chi connectivity index (χ1v) is 14.3. The van der Waals surface area contributed by atoms with Crippen molar-refractivity contribution < 1.29 is 0 Å². The molecule has 1 aromatic heterocycles. The summed E-state index contributed by atoms with van der Waals surface area (Å²) in [7, 11) is 0. The number of nitrogens with zero attached hydrogens (tertiary/aromatic N) is 4. The number of para-hydroxylation sites is 2. The van der Waals surface area contributed by atoms with Gasteiger partial charge in [0.2, 0.25) is 0 Å². The van der Waals surface area contributed by atoms with Crippen LogP contribution < -0.4 is 4.90 Å². The molecule has 0 fully saturated rings. The predicted octanol–water partition coefficient (Wildman–Crippen LogP) is 10.0. The van der Waals surface area contributed by atoms with E-state index in [0.717, 1.165) is 33.8 Å². The zero-order valence-electron chi connectivity index (χ0n) is 23.5. The van der Waals surface area contributed by atoms with E-state index in [2.05, 4.69) is 95.9 Å². The molecule has 0 aliphatic carbocycles. The number of anilines is 3. The Bertz CT molecular complexity index is 1880. The average molecular weight is 553 g/mol. The van der Waals surface area contributed by atoms with Gasteiger partial charge < -0.3 is 4.90 Å². The van der Waals surface area contributed by atoms with Crippen LogP contribution in [-0.4, -0.2) is 15.0 Å². The van der Waals surface area contributed by atoms with Crippen LogP contribution in [0.15, 0.2) is 170 Å². The molecule has 0 radical (unpaired) electrons. The lowest BCUT2D eigenvalue weighted by molar-refractivity contribution is 1.07. The minimum atomic E-state index is 0.616. The van der Waals surface area contributed by atoms with Crippen LogP contribution in [0.25, 0.3) is 45.3 Å².